The Morgan fingerprint density at radius 1 is 1.38 bits per heavy atom. The Hall–Kier alpha value is -0.690. The van der Waals surface area contributed by atoms with Gasteiger partial charge < -0.3 is 5.32 Å². The zero-order valence-corrected chi connectivity index (χ0v) is 13.7. The van der Waals surface area contributed by atoms with Crippen LogP contribution in [-0.4, -0.2) is 21.0 Å². The number of sulfonamides is 1. The second kappa shape index (κ2) is 6.60. The summed E-state index contributed by atoms with van der Waals surface area (Å²) in [6, 6.07) is 2.53. The molecule has 4 nitrogen and oxygen atoms in total. The van der Waals surface area contributed by atoms with E-state index in [1.807, 2.05) is 13.8 Å². The Bertz CT molecular complexity index is 622. The molecule has 1 aliphatic carbocycles. The van der Waals surface area contributed by atoms with E-state index in [0.717, 1.165) is 18.9 Å². The molecule has 0 radical (unpaired) electrons. The van der Waals surface area contributed by atoms with E-state index in [4.69, 9.17) is 11.6 Å². The summed E-state index contributed by atoms with van der Waals surface area (Å²) in [7, 11) is -3.88. The number of nitrogens with one attached hydrogen (secondary N) is 2. The lowest BCUT2D eigenvalue weighted by atomic mass is 10.2. The van der Waals surface area contributed by atoms with Crippen molar-refractivity contribution >= 4 is 21.6 Å². The molecule has 0 heterocycles. The van der Waals surface area contributed by atoms with Gasteiger partial charge in [0, 0.05) is 23.2 Å². The summed E-state index contributed by atoms with van der Waals surface area (Å²) in [6.45, 7) is 4.80. The van der Waals surface area contributed by atoms with Crippen molar-refractivity contribution in [2.75, 3.05) is 6.54 Å². The van der Waals surface area contributed by atoms with Crippen molar-refractivity contribution in [3.8, 4) is 0 Å². The highest BCUT2D eigenvalue weighted by molar-refractivity contribution is 7.89. The zero-order chi connectivity index (χ0) is 15.6. The van der Waals surface area contributed by atoms with Crippen LogP contribution in [0.25, 0.3) is 0 Å². The van der Waals surface area contributed by atoms with Gasteiger partial charge in [-0.2, -0.15) is 0 Å². The lowest BCUT2D eigenvalue weighted by molar-refractivity contribution is 0.541. The molecule has 0 aromatic heterocycles. The molecule has 0 spiro atoms. The molecule has 2 N–H and O–H groups in total. The summed E-state index contributed by atoms with van der Waals surface area (Å²) in [5, 5.41) is 3.18. The smallest absolute Gasteiger partial charge is 0.243 e. The molecule has 21 heavy (non-hydrogen) atoms. The highest BCUT2D eigenvalue weighted by Gasteiger charge is 2.39. The van der Waals surface area contributed by atoms with E-state index in [2.05, 4.69) is 10.0 Å². The predicted molar refractivity (Wildman–Crippen MR) is 81.3 cm³/mol. The molecule has 7 heteroatoms. The van der Waals surface area contributed by atoms with Crippen LogP contribution in [0.4, 0.5) is 4.39 Å². The third-order valence-corrected chi connectivity index (χ3v) is 5.40. The van der Waals surface area contributed by atoms with Gasteiger partial charge in [-0.15, -0.1) is 0 Å². The number of hydrogen-bond donors (Lipinski definition) is 2. The summed E-state index contributed by atoms with van der Waals surface area (Å²) in [5.41, 5.74) is 0.257. The predicted octanol–water partition coefficient (Wildman–Crippen LogP) is 2.67. The van der Waals surface area contributed by atoms with E-state index in [1.54, 1.807) is 0 Å². The maximum absolute atomic E-state index is 14.4. The molecule has 0 aliphatic heterocycles. The highest BCUT2D eigenvalue weighted by Crippen LogP contribution is 2.35. The average Bonchev–Trinajstić information content (AvgIpc) is 3.16. The Labute approximate surface area is 130 Å². The lowest BCUT2D eigenvalue weighted by Crippen LogP contribution is -2.28. The van der Waals surface area contributed by atoms with Gasteiger partial charge in [0.1, 0.15) is 10.7 Å². The highest BCUT2D eigenvalue weighted by atomic mass is 35.5. The van der Waals surface area contributed by atoms with Gasteiger partial charge in [-0.3, -0.25) is 0 Å². The monoisotopic (exact) mass is 334 g/mol. The average molecular weight is 335 g/mol. The van der Waals surface area contributed by atoms with Crippen LogP contribution in [0.1, 0.15) is 32.3 Å². The summed E-state index contributed by atoms with van der Waals surface area (Å²) >= 11 is 5.93. The Morgan fingerprint density at radius 2 is 2.10 bits per heavy atom. The van der Waals surface area contributed by atoms with Gasteiger partial charge in [-0.05, 0) is 31.0 Å². The van der Waals surface area contributed by atoms with Gasteiger partial charge in [0.25, 0.3) is 0 Å². The normalized spacial score (nSPS) is 21.5. The number of rotatable bonds is 7. The van der Waals surface area contributed by atoms with Crippen molar-refractivity contribution in [1.82, 2.24) is 10.0 Å². The van der Waals surface area contributed by atoms with Gasteiger partial charge in [0.05, 0.1) is 0 Å². The number of halogens is 2. The molecule has 0 saturated heterocycles. The van der Waals surface area contributed by atoms with E-state index >= 15 is 0 Å². The van der Waals surface area contributed by atoms with Crippen LogP contribution in [0.3, 0.4) is 0 Å². The third kappa shape index (κ3) is 3.94. The van der Waals surface area contributed by atoms with E-state index < -0.39 is 15.8 Å². The number of hydrogen-bond acceptors (Lipinski definition) is 3. The molecular weight excluding hydrogens is 315 g/mol. The fraction of sp³-hybridized carbons (Fsp3) is 0.571. The van der Waals surface area contributed by atoms with Crippen LogP contribution in [0, 0.1) is 11.7 Å². The first-order chi connectivity index (χ1) is 9.89. The first kappa shape index (κ1) is 16.7. The Kier molecular flexibility index (Phi) is 5.24. The first-order valence-corrected chi connectivity index (χ1v) is 8.96. The number of benzene rings is 1. The molecular formula is C14H20ClFN2O2S. The minimum absolute atomic E-state index is 0.0874. The molecule has 1 saturated carbocycles. The van der Waals surface area contributed by atoms with Gasteiger partial charge in [0.15, 0.2) is 0 Å². The van der Waals surface area contributed by atoms with Crippen molar-refractivity contribution in [2.24, 2.45) is 5.92 Å². The van der Waals surface area contributed by atoms with Crippen molar-refractivity contribution in [1.29, 1.82) is 0 Å². The summed E-state index contributed by atoms with van der Waals surface area (Å²) in [6.07, 6.45) is 1.72. The second-order valence-electron chi connectivity index (χ2n) is 5.29. The van der Waals surface area contributed by atoms with Crippen molar-refractivity contribution in [2.45, 2.75) is 44.2 Å². The van der Waals surface area contributed by atoms with Crippen molar-refractivity contribution in [3.63, 3.8) is 0 Å². The van der Waals surface area contributed by atoms with Crippen molar-refractivity contribution < 1.29 is 12.8 Å². The fourth-order valence-corrected chi connectivity index (χ4v) is 4.08. The fourth-order valence-electron chi connectivity index (χ4n) is 2.31. The minimum Gasteiger partial charge on any atom is -0.313 e. The van der Waals surface area contributed by atoms with Gasteiger partial charge in [-0.25, -0.2) is 17.5 Å². The molecule has 2 unspecified atom stereocenters. The van der Waals surface area contributed by atoms with Crippen LogP contribution in [-0.2, 0) is 16.6 Å². The Balaban J connectivity index is 2.27. The third-order valence-electron chi connectivity index (χ3n) is 3.69. The molecule has 0 amide bonds. The van der Waals surface area contributed by atoms with Gasteiger partial charge >= 0.3 is 0 Å². The Morgan fingerprint density at radius 3 is 2.67 bits per heavy atom. The largest absolute Gasteiger partial charge is 0.313 e. The molecule has 1 aromatic carbocycles. The maximum atomic E-state index is 14.4. The van der Waals surface area contributed by atoms with Crippen LogP contribution in [0.5, 0.6) is 0 Å². The SMILES string of the molecule is CCNCc1cc(Cl)cc(S(=O)(=O)NC2CC2CC)c1F. The quantitative estimate of drug-likeness (QED) is 0.806. The van der Waals surface area contributed by atoms with Gasteiger partial charge in [0.2, 0.25) is 10.0 Å². The van der Waals surface area contributed by atoms with Crippen molar-refractivity contribution in [3.05, 3.63) is 28.5 Å². The molecule has 1 aromatic rings. The zero-order valence-electron chi connectivity index (χ0n) is 12.1. The van der Waals surface area contributed by atoms with Crippen LogP contribution >= 0.6 is 11.6 Å². The van der Waals surface area contributed by atoms with Crippen LogP contribution in [0.2, 0.25) is 5.02 Å². The summed E-state index contributed by atoms with van der Waals surface area (Å²) in [4.78, 5) is -0.371. The molecule has 1 fully saturated rings. The van der Waals surface area contributed by atoms with Crippen LogP contribution < -0.4 is 10.0 Å². The van der Waals surface area contributed by atoms with Crippen LogP contribution in [0.15, 0.2) is 17.0 Å². The topological polar surface area (TPSA) is 58.2 Å². The van der Waals surface area contributed by atoms with Gasteiger partial charge in [-0.1, -0.05) is 31.9 Å². The van der Waals surface area contributed by atoms with E-state index in [9.17, 15) is 12.8 Å². The molecule has 118 valence electrons. The lowest BCUT2D eigenvalue weighted by Gasteiger charge is -2.11. The minimum atomic E-state index is -3.88. The molecule has 2 atom stereocenters. The molecule has 1 aliphatic rings. The van der Waals surface area contributed by atoms with E-state index in [0.29, 0.717) is 12.5 Å². The standard InChI is InChI=1S/C14H20ClFN2O2S/c1-3-9-6-12(9)18-21(19,20)13-7-11(15)5-10(14(13)16)8-17-4-2/h5,7,9,12,17-18H,3-4,6,8H2,1-2H3. The molecule has 0 bridgehead atoms. The van der Waals surface area contributed by atoms with E-state index in [-0.39, 0.29) is 28.1 Å². The first-order valence-electron chi connectivity index (χ1n) is 7.10. The maximum Gasteiger partial charge on any atom is 0.243 e. The van der Waals surface area contributed by atoms with E-state index in [1.165, 1.54) is 6.07 Å². The second-order valence-corrected chi connectivity index (χ2v) is 7.41. The summed E-state index contributed by atoms with van der Waals surface area (Å²) in [5.74, 6) is -0.384. The molecule has 2 rings (SSSR count). The summed E-state index contributed by atoms with van der Waals surface area (Å²) < 4.78 is 41.6.